The van der Waals surface area contributed by atoms with Crippen LogP contribution in [0.4, 0.5) is 0 Å². The largest absolute Gasteiger partial charge is 0.481 e. The molecule has 98 valence electrons. The number of rotatable bonds is 4. The highest BCUT2D eigenvalue weighted by Crippen LogP contribution is 2.25. The van der Waals surface area contributed by atoms with Crippen molar-refractivity contribution in [2.24, 2.45) is 5.92 Å². The summed E-state index contributed by atoms with van der Waals surface area (Å²) >= 11 is 0. The van der Waals surface area contributed by atoms with Gasteiger partial charge in [-0.1, -0.05) is 6.92 Å². The lowest BCUT2D eigenvalue weighted by Crippen LogP contribution is -2.51. The number of carboxylic acids is 1. The third kappa shape index (κ3) is 2.78. The Bertz CT molecular complexity index is 265. The Morgan fingerprint density at radius 2 is 2.18 bits per heavy atom. The lowest BCUT2D eigenvalue weighted by molar-refractivity contribution is -0.143. The van der Waals surface area contributed by atoms with Crippen molar-refractivity contribution in [3.05, 3.63) is 0 Å². The van der Waals surface area contributed by atoms with Crippen molar-refractivity contribution in [1.82, 2.24) is 4.90 Å². The average Bonchev–Trinajstić information content (AvgIpc) is 2.81. The molecule has 3 unspecified atom stereocenters. The van der Waals surface area contributed by atoms with Gasteiger partial charge in [-0.2, -0.15) is 0 Å². The van der Waals surface area contributed by atoms with Crippen LogP contribution in [0.25, 0.3) is 0 Å². The van der Waals surface area contributed by atoms with E-state index in [0.29, 0.717) is 19.3 Å². The molecule has 0 amide bonds. The molecule has 3 atom stereocenters. The highest BCUT2D eigenvalue weighted by molar-refractivity contribution is 5.71. The minimum atomic E-state index is -0.748. The Morgan fingerprint density at radius 3 is 2.76 bits per heavy atom. The van der Waals surface area contributed by atoms with Gasteiger partial charge in [-0.05, 0) is 19.4 Å². The first kappa shape index (κ1) is 12.8. The van der Waals surface area contributed by atoms with Gasteiger partial charge in [0.2, 0.25) is 0 Å². The van der Waals surface area contributed by atoms with E-state index in [4.69, 9.17) is 9.47 Å². The van der Waals surface area contributed by atoms with Gasteiger partial charge in [0.05, 0.1) is 25.7 Å². The molecule has 5 nitrogen and oxygen atoms in total. The first-order valence-electron chi connectivity index (χ1n) is 6.38. The Balaban J connectivity index is 2.03. The molecule has 0 saturated carbocycles. The highest BCUT2D eigenvalue weighted by atomic mass is 16.5. The van der Waals surface area contributed by atoms with E-state index < -0.39 is 11.9 Å². The second-order valence-corrected chi connectivity index (χ2v) is 4.75. The van der Waals surface area contributed by atoms with Crippen molar-refractivity contribution in [1.29, 1.82) is 0 Å². The smallest absolute Gasteiger partial charge is 0.310 e. The summed E-state index contributed by atoms with van der Waals surface area (Å²) in [5.74, 6) is -1.14. The summed E-state index contributed by atoms with van der Waals surface area (Å²) in [6.45, 7) is 5.34. The number of hydrogen-bond donors (Lipinski definition) is 1. The van der Waals surface area contributed by atoms with Crippen molar-refractivity contribution in [2.45, 2.75) is 31.8 Å². The zero-order valence-electron chi connectivity index (χ0n) is 10.3. The molecule has 2 fully saturated rings. The summed E-state index contributed by atoms with van der Waals surface area (Å²) < 4.78 is 10.8. The van der Waals surface area contributed by atoms with Crippen LogP contribution in [0.3, 0.4) is 0 Å². The average molecular weight is 243 g/mol. The molecule has 2 rings (SSSR count). The lowest BCUT2D eigenvalue weighted by Gasteiger charge is -2.38. The first-order chi connectivity index (χ1) is 8.24. The Hall–Kier alpha value is -0.650. The topological polar surface area (TPSA) is 59.0 Å². The van der Waals surface area contributed by atoms with E-state index >= 15 is 0 Å². The monoisotopic (exact) mass is 243 g/mol. The summed E-state index contributed by atoms with van der Waals surface area (Å²) in [5.41, 5.74) is 0. The summed E-state index contributed by atoms with van der Waals surface area (Å²) in [4.78, 5) is 13.4. The van der Waals surface area contributed by atoms with Crippen LogP contribution in [0.1, 0.15) is 19.8 Å². The summed E-state index contributed by atoms with van der Waals surface area (Å²) in [6.07, 6.45) is 2.16. The van der Waals surface area contributed by atoms with Crippen LogP contribution >= 0.6 is 0 Å². The first-order valence-corrected chi connectivity index (χ1v) is 6.38. The molecule has 0 aliphatic carbocycles. The van der Waals surface area contributed by atoms with E-state index in [1.54, 1.807) is 0 Å². The molecule has 0 aromatic rings. The molecule has 2 heterocycles. The van der Waals surface area contributed by atoms with Crippen molar-refractivity contribution < 1.29 is 19.4 Å². The molecule has 0 spiro atoms. The van der Waals surface area contributed by atoms with Gasteiger partial charge in [0.1, 0.15) is 0 Å². The summed E-state index contributed by atoms with van der Waals surface area (Å²) in [5, 5.41) is 9.19. The third-order valence-electron chi connectivity index (χ3n) is 3.76. The molecular weight excluding hydrogens is 222 g/mol. The number of carbonyl (C=O) groups is 1. The maximum atomic E-state index is 11.2. The van der Waals surface area contributed by atoms with Crippen LogP contribution < -0.4 is 0 Å². The van der Waals surface area contributed by atoms with Gasteiger partial charge >= 0.3 is 5.97 Å². The molecule has 2 aliphatic rings. The predicted molar refractivity (Wildman–Crippen MR) is 62.0 cm³/mol. The van der Waals surface area contributed by atoms with Crippen molar-refractivity contribution in [3.8, 4) is 0 Å². The van der Waals surface area contributed by atoms with Crippen molar-refractivity contribution >= 4 is 5.97 Å². The third-order valence-corrected chi connectivity index (χ3v) is 3.76. The molecular formula is C12H21NO4. The lowest BCUT2D eigenvalue weighted by atomic mass is 9.98. The maximum Gasteiger partial charge on any atom is 0.310 e. The number of aliphatic carboxylic acids is 1. The molecule has 0 bridgehead atoms. The fourth-order valence-corrected chi connectivity index (χ4v) is 2.85. The number of nitrogens with zero attached hydrogens (tertiary/aromatic N) is 1. The van der Waals surface area contributed by atoms with Gasteiger partial charge in [-0.25, -0.2) is 0 Å². The maximum absolute atomic E-state index is 11.2. The minimum absolute atomic E-state index is 0.00389. The number of carboxylic acid groups (broad SMARTS) is 1. The van der Waals surface area contributed by atoms with Crippen LogP contribution in [0.2, 0.25) is 0 Å². The van der Waals surface area contributed by atoms with E-state index in [1.807, 2.05) is 0 Å². The van der Waals surface area contributed by atoms with Gasteiger partial charge in [-0.3, -0.25) is 9.69 Å². The van der Waals surface area contributed by atoms with Crippen LogP contribution in [0.5, 0.6) is 0 Å². The minimum Gasteiger partial charge on any atom is -0.481 e. The van der Waals surface area contributed by atoms with E-state index in [1.165, 1.54) is 0 Å². The van der Waals surface area contributed by atoms with E-state index in [0.717, 1.165) is 32.6 Å². The van der Waals surface area contributed by atoms with Gasteiger partial charge in [0, 0.05) is 18.7 Å². The van der Waals surface area contributed by atoms with Gasteiger partial charge < -0.3 is 14.6 Å². The standard InChI is InChI=1S/C12H21NO4/c1-2-13(9-4-3-5-16-6-9)11-8-17-7-10(11)12(14)15/h9-11H,2-8H2,1H3,(H,14,15). The molecule has 2 saturated heterocycles. The van der Waals surface area contributed by atoms with Crippen LogP contribution in [-0.2, 0) is 14.3 Å². The summed E-state index contributed by atoms with van der Waals surface area (Å²) in [6, 6.07) is 0.353. The van der Waals surface area contributed by atoms with Gasteiger partial charge in [0.25, 0.3) is 0 Å². The second kappa shape index (κ2) is 5.80. The van der Waals surface area contributed by atoms with E-state index in [9.17, 15) is 9.90 Å². The second-order valence-electron chi connectivity index (χ2n) is 4.75. The van der Waals surface area contributed by atoms with Crippen LogP contribution in [-0.4, -0.2) is 61.0 Å². The molecule has 17 heavy (non-hydrogen) atoms. The molecule has 0 radical (unpaired) electrons. The Morgan fingerprint density at radius 1 is 1.35 bits per heavy atom. The normalized spacial score (nSPS) is 34.1. The number of hydrogen-bond acceptors (Lipinski definition) is 4. The zero-order chi connectivity index (χ0) is 12.3. The van der Waals surface area contributed by atoms with Gasteiger partial charge in [0.15, 0.2) is 0 Å². The molecule has 2 aliphatic heterocycles. The predicted octanol–water partition coefficient (Wildman–Crippen LogP) is 0.587. The number of ether oxygens (including phenoxy) is 2. The molecule has 0 aromatic heterocycles. The fourth-order valence-electron chi connectivity index (χ4n) is 2.85. The quantitative estimate of drug-likeness (QED) is 0.783. The molecule has 1 N–H and O–H groups in total. The zero-order valence-corrected chi connectivity index (χ0v) is 10.3. The van der Waals surface area contributed by atoms with E-state index in [-0.39, 0.29) is 6.04 Å². The van der Waals surface area contributed by atoms with E-state index in [2.05, 4.69) is 11.8 Å². The van der Waals surface area contributed by atoms with Crippen LogP contribution in [0, 0.1) is 5.92 Å². The Kier molecular flexibility index (Phi) is 4.36. The summed E-state index contributed by atoms with van der Waals surface area (Å²) in [7, 11) is 0. The Labute approximate surface area is 102 Å². The molecule has 5 heteroatoms. The SMILES string of the molecule is CCN(C1CCCOC1)C1COCC1C(=O)O. The highest BCUT2D eigenvalue weighted by Gasteiger charge is 2.40. The number of likely N-dealkylation sites (N-methyl/N-ethyl adjacent to an activating group) is 1. The van der Waals surface area contributed by atoms with Crippen molar-refractivity contribution in [3.63, 3.8) is 0 Å². The fraction of sp³-hybridized carbons (Fsp3) is 0.917. The van der Waals surface area contributed by atoms with Crippen molar-refractivity contribution in [2.75, 3.05) is 33.0 Å². The van der Waals surface area contributed by atoms with Gasteiger partial charge in [-0.15, -0.1) is 0 Å². The molecule has 0 aromatic carbocycles. The van der Waals surface area contributed by atoms with Crippen LogP contribution in [0.15, 0.2) is 0 Å².